The first kappa shape index (κ1) is 28.7. The highest BCUT2D eigenvalue weighted by Gasteiger charge is 2.20. The van der Waals surface area contributed by atoms with E-state index in [1.165, 1.54) is 91.8 Å². The molecule has 2 heterocycles. The van der Waals surface area contributed by atoms with Crippen LogP contribution >= 0.6 is 11.3 Å². The second-order valence-electron chi connectivity index (χ2n) is 12.0. The number of nitrogens with zero attached hydrogens (tertiary/aromatic N) is 4. The number of anilines is 1. The van der Waals surface area contributed by atoms with Crippen molar-refractivity contribution in [3.8, 4) is 10.6 Å². The summed E-state index contributed by atoms with van der Waals surface area (Å²) in [5.74, 6) is 3.91. The van der Waals surface area contributed by atoms with Crippen LogP contribution in [-0.2, 0) is 12.8 Å². The molecule has 0 spiro atoms. The van der Waals surface area contributed by atoms with Crippen LogP contribution in [0, 0.1) is 18.8 Å². The van der Waals surface area contributed by atoms with E-state index in [4.69, 9.17) is 15.0 Å². The molecule has 1 aliphatic carbocycles. The summed E-state index contributed by atoms with van der Waals surface area (Å²) < 4.78 is 0. The summed E-state index contributed by atoms with van der Waals surface area (Å²) in [6.45, 7) is 2.23. The maximum absolute atomic E-state index is 4.96. The van der Waals surface area contributed by atoms with Crippen molar-refractivity contribution in [3.05, 3.63) is 71.0 Å². The van der Waals surface area contributed by atoms with Gasteiger partial charge in [0.1, 0.15) is 16.6 Å². The molecule has 0 unspecified atom stereocenters. The van der Waals surface area contributed by atoms with Gasteiger partial charge in [-0.25, -0.2) is 15.0 Å². The molecule has 0 radical (unpaired) electrons. The Morgan fingerprint density at radius 3 is 2.10 bits per heavy atom. The van der Waals surface area contributed by atoms with Crippen LogP contribution < -0.4 is 4.90 Å². The summed E-state index contributed by atoms with van der Waals surface area (Å²) in [5, 5.41) is 2.31. The van der Waals surface area contributed by atoms with E-state index in [-0.39, 0.29) is 0 Å². The van der Waals surface area contributed by atoms with E-state index in [9.17, 15) is 0 Å². The summed E-state index contributed by atoms with van der Waals surface area (Å²) >= 11 is 1.84. The van der Waals surface area contributed by atoms with Gasteiger partial charge in [0.05, 0.1) is 11.2 Å². The van der Waals surface area contributed by atoms with Gasteiger partial charge < -0.3 is 4.90 Å². The van der Waals surface area contributed by atoms with Gasteiger partial charge in [0.2, 0.25) is 0 Å². The summed E-state index contributed by atoms with van der Waals surface area (Å²) in [6, 6.07) is 19.0. The molecule has 0 amide bonds. The van der Waals surface area contributed by atoms with Gasteiger partial charge in [-0.2, -0.15) is 0 Å². The largest absolute Gasteiger partial charge is 0.362 e. The Bertz CT molecular complexity index is 1340. The van der Waals surface area contributed by atoms with Gasteiger partial charge in [-0.1, -0.05) is 100 Å². The number of hydrogen-bond acceptors (Lipinski definition) is 5. The van der Waals surface area contributed by atoms with Gasteiger partial charge in [0.25, 0.3) is 0 Å². The number of fused-ring (bicyclic) bond motifs is 1. The zero-order valence-electron chi connectivity index (χ0n) is 24.7. The molecule has 4 aromatic rings. The molecule has 0 saturated heterocycles. The molecule has 0 aliphatic heterocycles. The number of para-hydroxylation sites is 1. The molecule has 2 aromatic heterocycles. The van der Waals surface area contributed by atoms with Gasteiger partial charge in [0.15, 0.2) is 0 Å². The van der Waals surface area contributed by atoms with Crippen molar-refractivity contribution in [1.82, 2.24) is 15.0 Å². The quantitative estimate of drug-likeness (QED) is 0.154. The minimum absolute atomic E-state index is 0.928. The van der Waals surface area contributed by atoms with E-state index in [1.54, 1.807) is 0 Å². The molecular formula is C35H46N4S. The second kappa shape index (κ2) is 14.2. The van der Waals surface area contributed by atoms with Crippen LogP contribution in [0.15, 0.2) is 54.6 Å². The fourth-order valence-electron chi connectivity index (χ4n) is 6.35. The summed E-state index contributed by atoms with van der Waals surface area (Å²) in [4.78, 5) is 18.2. The number of aromatic nitrogens is 3. The lowest BCUT2D eigenvalue weighted by Crippen LogP contribution is -2.15. The summed E-state index contributed by atoms with van der Waals surface area (Å²) in [6.07, 6.45) is 17.1. The fraction of sp³-hybridized carbons (Fsp3) is 0.514. The molecule has 1 aliphatic rings. The average molecular weight is 555 g/mol. The standard InChI is InChI=1S/C35H46N4S/c1-26-31(37-35(40-26)29-16-7-5-8-17-29)19-9-4-6-14-27-22-24-28(25-23-27)15-10-13-21-33-36-32-20-12-11-18-30(32)34(38-33)39(2)3/h5,7-8,11-12,16-18,20,27-28H,4,6,9-10,13-15,19,21-25H2,1-3H3. The van der Waals surface area contributed by atoms with Crippen LogP contribution in [0.2, 0.25) is 0 Å². The number of rotatable bonds is 13. The molecule has 2 aromatic carbocycles. The van der Waals surface area contributed by atoms with Crippen LogP contribution in [0.3, 0.4) is 0 Å². The predicted molar refractivity (Wildman–Crippen MR) is 171 cm³/mol. The molecule has 0 atom stereocenters. The summed E-state index contributed by atoms with van der Waals surface area (Å²) in [5.41, 5.74) is 3.62. The van der Waals surface area contributed by atoms with Gasteiger partial charge in [-0.05, 0) is 50.2 Å². The topological polar surface area (TPSA) is 41.9 Å². The minimum atomic E-state index is 0.928. The van der Waals surface area contributed by atoms with E-state index < -0.39 is 0 Å². The minimum Gasteiger partial charge on any atom is -0.362 e. The van der Waals surface area contributed by atoms with Crippen molar-refractivity contribution in [1.29, 1.82) is 0 Å². The lowest BCUT2D eigenvalue weighted by molar-refractivity contribution is 0.245. The molecule has 0 bridgehead atoms. The molecule has 40 heavy (non-hydrogen) atoms. The first-order valence-corrected chi connectivity index (χ1v) is 16.3. The number of benzene rings is 2. The van der Waals surface area contributed by atoms with Crippen LogP contribution in [0.1, 0.15) is 87.0 Å². The zero-order valence-corrected chi connectivity index (χ0v) is 25.6. The third-order valence-electron chi connectivity index (χ3n) is 8.72. The van der Waals surface area contributed by atoms with Crippen molar-refractivity contribution in [3.63, 3.8) is 0 Å². The Balaban J connectivity index is 0.954. The number of aryl methyl sites for hydroxylation is 3. The highest BCUT2D eigenvalue weighted by atomic mass is 32.1. The third kappa shape index (κ3) is 7.69. The lowest BCUT2D eigenvalue weighted by atomic mass is 9.78. The van der Waals surface area contributed by atoms with Gasteiger partial charge in [-0.15, -0.1) is 11.3 Å². The lowest BCUT2D eigenvalue weighted by Gasteiger charge is -2.28. The number of thiazole rings is 1. The van der Waals surface area contributed by atoms with Crippen molar-refractivity contribution in [2.24, 2.45) is 11.8 Å². The van der Waals surface area contributed by atoms with E-state index in [0.29, 0.717) is 0 Å². The van der Waals surface area contributed by atoms with Crippen molar-refractivity contribution < 1.29 is 0 Å². The smallest absolute Gasteiger partial charge is 0.139 e. The number of unbranched alkanes of at least 4 members (excludes halogenated alkanes) is 3. The van der Waals surface area contributed by atoms with Crippen molar-refractivity contribution >= 4 is 28.1 Å². The Kier molecular flexibility index (Phi) is 10.2. The maximum atomic E-state index is 4.96. The Morgan fingerprint density at radius 2 is 1.38 bits per heavy atom. The molecule has 5 rings (SSSR count). The Morgan fingerprint density at radius 1 is 0.725 bits per heavy atom. The number of hydrogen-bond donors (Lipinski definition) is 0. The van der Waals surface area contributed by atoms with Gasteiger partial charge in [-0.3, -0.25) is 0 Å². The highest BCUT2D eigenvalue weighted by molar-refractivity contribution is 7.15. The van der Waals surface area contributed by atoms with Crippen molar-refractivity contribution in [2.45, 2.75) is 90.4 Å². The monoisotopic (exact) mass is 554 g/mol. The third-order valence-corrected chi connectivity index (χ3v) is 9.78. The van der Waals surface area contributed by atoms with Crippen LogP contribution in [0.4, 0.5) is 5.82 Å². The molecule has 212 valence electrons. The fourth-order valence-corrected chi connectivity index (χ4v) is 7.32. The molecule has 0 N–H and O–H groups in total. The SMILES string of the molecule is Cc1sc(-c2ccccc2)nc1CCCCCC1CCC(CCCCc2nc(N(C)C)c3ccccc3n2)CC1. The van der Waals surface area contributed by atoms with Gasteiger partial charge >= 0.3 is 0 Å². The highest BCUT2D eigenvalue weighted by Crippen LogP contribution is 2.35. The predicted octanol–water partition coefficient (Wildman–Crippen LogP) is 9.45. The molecule has 1 saturated carbocycles. The Hall–Kier alpha value is -2.79. The summed E-state index contributed by atoms with van der Waals surface area (Å²) in [7, 11) is 4.14. The van der Waals surface area contributed by atoms with Crippen LogP contribution in [0.5, 0.6) is 0 Å². The normalized spacial score (nSPS) is 17.4. The Labute approximate surface area is 245 Å². The van der Waals surface area contributed by atoms with E-state index >= 15 is 0 Å². The molecule has 5 heteroatoms. The van der Waals surface area contributed by atoms with E-state index in [1.807, 2.05) is 11.3 Å². The first-order chi connectivity index (χ1) is 19.6. The van der Waals surface area contributed by atoms with E-state index in [0.717, 1.165) is 47.2 Å². The zero-order chi connectivity index (χ0) is 27.7. The van der Waals surface area contributed by atoms with Crippen LogP contribution in [-0.4, -0.2) is 29.0 Å². The van der Waals surface area contributed by atoms with Gasteiger partial charge in [0, 0.05) is 36.3 Å². The first-order valence-electron chi connectivity index (χ1n) is 15.5. The molecular weight excluding hydrogens is 508 g/mol. The maximum Gasteiger partial charge on any atom is 0.139 e. The van der Waals surface area contributed by atoms with E-state index in [2.05, 4.69) is 80.5 Å². The van der Waals surface area contributed by atoms with Crippen LogP contribution in [0.25, 0.3) is 21.5 Å². The molecule has 1 fully saturated rings. The second-order valence-corrected chi connectivity index (χ2v) is 13.2. The molecule has 4 nitrogen and oxygen atoms in total. The average Bonchev–Trinajstić information content (AvgIpc) is 3.36. The van der Waals surface area contributed by atoms with Crippen molar-refractivity contribution in [2.75, 3.05) is 19.0 Å².